The molecule has 0 unspecified atom stereocenters. The van der Waals surface area contributed by atoms with E-state index in [9.17, 15) is 4.79 Å². The molecular formula is C18H18BrClN2O. The summed E-state index contributed by atoms with van der Waals surface area (Å²) in [5.41, 5.74) is 3.55. The van der Waals surface area contributed by atoms with E-state index < -0.39 is 0 Å². The number of aryl methyl sites for hydroxylation is 1. The molecule has 1 heterocycles. The molecule has 23 heavy (non-hydrogen) atoms. The zero-order valence-electron chi connectivity index (χ0n) is 12.9. The Morgan fingerprint density at radius 2 is 1.91 bits per heavy atom. The average Bonchev–Trinajstić information content (AvgIpc) is 3.06. The fourth-order valence-electron chi connectivity index (χ4n) is 2.82. The first-order valence-electron chi connectivity index (χ1n) is 7.66. The number of anilines is 2. The molecule has 2 aromatic rings. The number of amides is 1. The van der Waals surface area contributed by atoms with Crippen LogP contribution >= 0.6 is 27.5 Å². The summed E-state index contributed by atoms with van der Waals surface area (Å²) >= 11 is 9.49. The van der Waals surface area contributed by atoms with Gasteiger partial charge in [-0.25, -0.2) is 0 Å². The fraction of sp³-hybridized carbons (Fsp3) is 0.278. The SMILES string of the molecule is Cc1cc(N2CCCC2)ccc1NC(=O)c1cc(Br)ccc1Cl. The molecule has 1 amide bonds. The molecule has 0 bridgehead atoms. The normalized spacial score (nSPS) is 14.1. The van der Waals surface area contributed by atoms with Crippen LogP contribution in [0.1, 0.15) is 28.8 Å². The second kappa shape index (κ2) is 6.93. The van der Waals surface area contributed by atoms with Gasteiger partial charge >= 0.3 is 0 Å². The summed E-state index contributed by atoms with van der Waals surface area (Å²) in [5.74, 6) is -0.201. The van der Waals surface area contributed by atoms with Gasteiger partial charge in [0, 0.05) is 28.9 Å². The first-order chi connectivity index (χ1) is 11.0. The number of carbonyl (C=O) groups is 1. The summed E-state index contributed by atoms with van der Waals surface area (Å²) < 4.78 is 0.827. The van der Waals surface area contributed by atoms with E-state index >= 15 is 0 Å². The Kier molecular flexibility index (Phi) is 4.93. The van der Waals surface area contributed by atoms with E-state index in [0.717, 1.165) is 28.8 Å². The van der Waals surface area contributed by atoms with Gasteiger partial charge in [0.1, 0.15) is 0 Å². The van der Waals surface area contributed by atoms with E-state index in [1.54, 1.807) is 12.1 Å². The molecule has 0 atom stereocenters. The topological polar surface area (TPSA) is 32.3 Å². The predicted octanol–water partition coefficient (Wildman–Crippen LogP) is 5.26. The fourth-order valence-corrected chi connectivity index (χ4v) is 3.39. The van der Waals surface area contributed by atoms with Crippen LogP contribution in [0.5, 0.6) is 0 Å². The highest BCUT2D eigenvalue weighted by molar-refractivity contribution is 9.10. The monoisotopic (exact) mass is 392 g/mol. The number of nitrogens with one attached hydrogen (secondary N) is 1. The Labute approximate surface area is 149 Å². The maximum atomic E-state index is 12.5. The van der Waals surface area contributed by atoms with Crippen LogP contribution < -0.4 is 10.2 Å². The minimum Gasteiger partial charge on any atom is -0.372 e. The quantitative estimate of drug-likeness (QED) is 0.771. The molecule has 3 nitrogen and oxygen atoms in total. The lowest BCUT2D eigenvalue weighted by atomic mass is 10.1. The van der Waals surface area contributed by atoms with E-state index in [-0.39, 0.29) is 5.91 Å². The third-order valence-corrected chi connectivity index (χ3v) is 4.93. The van der Waals surface area contributed by atoms with Gasteiger partial charge < -0.3 is 10.2 Å². The molecule has 0 radical (unpaired) electrons. The van der Waals surface area contributed by atoms with Gasteiger partial charge in [0.25, 0.3) is 5.91 Å². The summed E-state index contributed by atoms with van der Waals surface area (Å²) in [5, 5.41) is 3.39. The van der Waals surface area contributed by atoms with Gasteiger partial charge in [-0.3, -0.25) is 4.79 Å². The van der Waals surface area contributed by atoms with Crippen molar-refractivity contribution in [2.45, 2.75) is 19.8 Å². The Morgan fingerprint density at radius 3 is 2.61 bits per heavy atom. The molecule has 0 aromatic heterocycles. The minimum absolute atomic E-state index is 0.201. The van der Waals surface area contributed by atoms with Gasteiger partial charge in [0.05, 0.1) is 10.6 Å². The first kappa shape index (κ1) is 16.3. The third kappa shape index (κ3) is 3.70. The molecular weight excluding hydrogens is 376 g/mol. The van der Waals surface area contributed by atoms with Crippen LogP contribution in [0.25, 0.3) is 0 Å². The molecule has 1 aliphatic heterocycles. The van der Waals surface area contributed by atoms with Crippen molar-refractivity contribution in [1.82, 2.24) is 0 Å². The van der Waals surface area contributed by atoms with Crippen molar-refractivity contribution >= 4 is 44.8 Å². The van der Waals surface area contributed by atoms with Crippen LogP contribution in [0.2, 0.25) is 5.02 Å². The Hall–Kier alpha value is -1.52. The number of hydrogen-bond donors (Lipinski definition) is 1. The van der Waals surface area contributed by atoms with Crippen LogP contribution in [-0.2, 0) is 0 Å². The van der Waals surface area contributed by atoms with Crippen LogP contribution in [-0.4, -0.2) is 19.0 Å². The van der Waals surface area contributed by atoms with Crippen molar-refractivity contribution in [2.24, 2.45) is 0 Å². The molecule has 5 heteroatoms. The summed E-state index contributed by atoms with van der Waals surface area (Å²) in [6.07, 6.45) is 2.50. The van der Waals surface area contributed by atoms with Gasteiger partial charge in [0.2, 0.25) is 0 Å². The highest BCUT2D eigenvalue weighted by Crippen LogP contribution is 2.27. The third-order valence-electron chi connectivity index (χ3n) is 4.10. The van der Waals surface area contributed by atoms with E-state index in [2.05, 4.69) is 38.3 Å². The number of carbonyl (C=O) groups excluding carboxylic acids is 1. The maximum Gasteiger partial charge on any atom is 0.257 e. The van der Waals surface area contributed by atoms with Crippen LogP contribution in [0.4, 0.5) is 11.4 Å². The molecule has 1 aliphatic rings. The van der Waals surface area contributed by atoms with E-state index in [0.29, 0.717) is 10.6 Å². The van der Waals surface area contributed by atoms with Crippen LogP contribution in [0.3, 0.4) is 0 Å². The van der Waals surface area contributed by atoms with Crippen LogP contribution in [0, 0.1) is 6.92 Å². The second-order valence-electron chi connectivity index (χ2n) is 5.77. The lowest BCUT2D eigenvalue weighted by Gasteiger charge is -2.19. The van der Waals surface area contributed by atoms with Gasteiger partial charge in [-0.05, 0) is 61.7 Å². The standard InChI is InChI=1S/C18H18BrClN2O/c1-12-10-14(22-8-2-3-9-22)5-7-17(12)21-18(23)15-11-13(19)4-6-16(15)20/h4-7,10-11H,2-3,8-9H2,1H3,(H,21,23). The van der Waals surface area contributed by atoms with Crippen LogP contribution in [0.15, 0.2) is 40.9 Å². The Morgan fingerprint density at radius 1 is 1.17 bits per heavy atom. The van der Waals surface area contributed by atoms with Gasteiger partial charge in [-0.15, -0.1) is 0 Å². The zero-order valence-corrected chi connectivity index (χ0v) is 15.2. The van der Waals surface area contributed by atoms with Crippen molar-refractivity contribution < 1.29 is 4.79 Å². The summed E-state index contributed by atoms with van der Waals surface area (Å²) in [4.78, 5) is 14.8. The molecule has 120 valence electrons. The largest absolute Gasteiger partial charge is 0.372 e. The highest BCUT2D eigenvalue weighted by atomic mass is 79.9. The number of nitrogens with zero attached hydrogens (tertiary/aromatic N) is 1. The molecule has 0 spiro atoms. The molecule has 1 N–H and O–H groups in total. The van der Waals surface area contributed by atoms with Gasteiger partial charge in [-0.2, -0.15) is 0 Å². The van der Waals surface area contributed by atoms with Crippen molar-refractivity contribution in [3.05, 3.63) is 57.0 Å². The number of hydrogen-bond acceptors (Lipinski definition) is 2. The average molecular weight is 394 g/mol. The first-order valence-corrected chi connectivity index (χ1v) is 8.84. The van der Waals surface area contributed by atoms with Gasteiger partial charge in [0.15, 0.2) is 0 Å². The molecule has 1 saturated heterocycles. The second-order valence-corrected chi connectivity index (χ2v) is 7.09. The smallest absolute Gasteiger partial charge is 0.257 e. The summed E-state index contributed by atoms with van der Waals surface area (Å²) in [7, 11) is 0. The molecule has 0 aliphatic carbocycles. The number of halogens is 2. The van der Waals surface area contributed by atoms with E-state index in [4.69, 9.17) is 11.6 Å². The molecule has 1 fully saturated rings. The Balaban J connectivity index is 1.79. The van der Waals surface area contributed by atoms with Crippen molar-refractivity contribution in [3.63, 3.8) is 0 Å². The zero-order chi connectivity index (χ0) is 16.4. The Bertz CT molecular complexity index is 742. The molecule has 3 rings (SSSR count). The number of rotatable bonds is 3. The highest BCUT2D eigenvalue weighted by Gasteiger charge is 2.15. The van der Waals surface area contributed by atoms with Crippen molar-refractivity contribution in [3.8, 4) is 0 Å². The van der Waals surface area contributed by atoms with Crippen molar-refractivity contribution in [1.29, 1.82) is 0 Å². The predicted molar refractivity (Wildman–Crippen MR) is 99.7 cm³/mol. The van der Waals surface area contributed by atoms with Gasteiger partial charge in [-0.1, -0.05) is 27.5 Å². The summed E-state index contributed by atoms with van der Waals surface area (Å²) in [6.45, 7) is 4.23. The molecule has 2 aromatic carbocycles. The lowest BCUT2D eigenvalue weighted by molar-refractivity contribution is 0.102. The molecule has 0 saturated carbocycles. The maximum absolute atomic E-state index is 12.5. The lowest BCUT2D eigenvalue weighted by Crippen LogP contribution is -2.18. The van der Waals surface area contributed by atoms with E-state index in [1.165, 1.54) is 18.5 Å². The van der Waals surface area contributed by atoms with Crippen molar-refractivity contribution in [2.75, 3.05) is 23.3 Å². The summed E-state index contributed by atoms with van der Waals surface area (Å²) in [6, 6.07) is 11.4. The van der Waals surface area contributed by atoms with E-state index in [1.807, 2.05) is 19.1 Å². The minimum atomic E-state index is -0.201. The number of benzene rings is 2.